The van der Waals surface area contributed by atoms with Crippen molar-refractivity contribution in [2.45, 2.75) is 131 Å². The number of hydrogen-bond donors (Lipinski definition) is 3. The summed E-state index contributed by atoms with van der Waals surface area (Å²) in [6.07, 6.45) is 5.87. The molecule has 4 aromatic rings. The first-order valence-corrected chi connectivity index (χ1v) is 24.7. The number of rotatable bonds is 19. The van der Waals surface area contributed by atoms with E-state index in [4.69, 9.17) is 14.5 Å². The molecule has 0 radical (unpaired) electrons. The van der Waals surface area contributed by atoms with Gasteiger partial charge in [-0.1, -0.05) is 53.7 Å². The zero-order valence-electron chi connectivity index (χ0n) is 42.2. The van der Waals surface area contributed by atoms with Gasteiger partial charge in [0.05, 0.1) is 30.0 Å². The van der Waals surface area contributed by atoms with Crippen LogP contribution in [0.2, 0.25) is 0 Å². The number of benzene rings is 2. The Bertz CT molecular complexity index is 2460. The summed E-state index contributed by atoms with van der Waals surface area (Å²) in [7, 11) is 5.54. The number of hydrogen-bond acceptors (Lipinski definition) is 10. The van der Waals surface area contributed by atoms with Crippen LogP contribution in [0.5, 0.6) is 5.75 Å². The number of pyridine rings is 1. The van der Waals surface area contributed by atoms with Crippen LogP contribution in [0.3, 0.4) is 0 Å². The molecule has 3 aliphatic rings. The molecule has 4 heterocycles. The number of fused-ring (bicyclic) bond motifs is 2. The summed E-state index contributed by atoms with van der Waals surface area (Å²) >= 11 is 0. The highest BCUT2D eigenvalue weighted by atomic mass is 16.5. The molecule has 3 amide bonds. The summed E-state index contributed by atoms with van der Waals surface area (Å²) in [4.78, 5) is 63.5. The number of carbonyl (C=O) groups is 4. The molecule has 3 fully saturated rings. The number of phenols is 1. The number of amides is 3. The van der Waals surface area contributed by atoms with Crippen LogP contribution in [-0.4, -0.2) is 119 Å². The molecule has 1 aliphatic carbocycles. The van der Waals surface area contributed by atoms with E-state index in [0.29, 0.717) is 56.0 Å². The molecule has 14 nitrogen and oxygen atoms in total. The highest BCUT2D eigenvalue weighted by Crippen LogP contribution is 2.49. The van der Waals surface area contributed by atoms with Gasteiger partial charge < -0.3 is 29.4 Å². The predicted octanol–water partition coefficient (Wildman–Crippen LogP) is 7.55. The minimum atomic E-state index is -0.984. The van der Waals surface area contributed by atoms with E-state index >= 15 is 0 Å². The maximum atomic E-state index is 14.6. The molecule has 7 rings (SSSR count). The van der Waals surface area contributed by atoms with Crippen LogP contribution in [0.15, 0.2) is 54.7 Å². The fourth-order valence-corrected chi connectivity index (χ4v) is 11.6. The lowest BCUT2D eigenvalue weighted by atomic mass is 9.69. The summed E-state index contributed by atoms with van der Waals surface area (Å²) in [6.45, 7) is 19.2. The number of aromatic nitrogens is 2. The van der Waals surface area contributed by atoms with E-state index in [0.717, 1.165) is 70.2 Å². The number of phenolic OH excluding ortho intramolecular Hbond substituents is 1. The monoisotopic (exact) mass is 934 g/mol. The van der Waals surface area contributed by atoms with Crippen LogP contribution in [0, 0.1) is 29.1 Å². The second-order valence-corrected chi connectivity index (χ2v) is 21.1. The highest BCUT2D eigenvalue weighted by molar-refractivity contribution is 5.96. The molecule has 2 aliphatic heterocycles. The van der Waals surface area contributed by atoms with Gasteiger partial charge in [0.1, 0.15) is 17.8 Å². The van der Waals surface area contributed by atoms with Gasteiger partial charge in [0.2, 0.25) is 11.8 Å². The van der Waals surface area contributed by atoms with Crippen LogP contribution in [0.1, 0.15) is 104 Å². The molecular formula is C54H75N7O7. The number of likely N-dealkylation sites (tertiary alicyclic amines) is 1. The minimum Gasteiger partial charge on any atom is -0.508 e. The maximum absolute atomic E-state index is 14.6. The first kappa shape index (κ1) is 50.6. The quantitative estimate of drug-likeness (QED) is 0.0803. The standard InChI is InChI=1S/C54H75N7O7/c1-12-60-45-18-17-36(26-41(45)43(29-54(7,8)30-68-31-62)50(60)40-16-15-19-55-47(40)34(6)67-11)37-22-35(23-39(63)25-37)24-44(53(66)61-21-14-13-20-56-61)57-51(64)48(33(4)5)59(10)52(65)42-27-38-28-46(32(2)3)58(9)49(38)42/h15-19,22-23,25-26,31-34,38,42,44,46,48-49,56,63H,12-14,20-21,24,27-30H2,1-11H3,(H,57,64). The van der Waals surface area contributed by atoms with Crippen molar-refractivity contribution in [3.8, 4) is 28.1 Å². The number of nitrogens with one attached hydrogen (secondary N) is 2. The van der Waals surface area contributed by atoms with Crippen LogP contribution in [0.4, 0.5) is 0 Å². The average molecular weight is 934 g/mol. The van der Waals surface area contributed by atoms with Gasteiger partial charge in [-0.15, -0.1) is 0 Å². The summed E-state index contributed by atoms with van der Waals surface area (Å²) in [5, 5.41) is 17.1. The summed E-state index contributed by atoms with van der Waals surface area (Å²) in [5.74, 6) is -0.0708. The molecule has 0 bridgehead atoms. The van der Waals surface area contributed by atoms with E-state index in [9.17, 15) is 24.3 Å². The molecule has 14 heteroatoms. The van der Waals surface area contributed by atoms with Crippen LogP contribution < -0.4 is 10.7 Å². The Morgan fingerprint density at radius 3 is 2.47 bits per heavy atom. The Morgan fingerprint density at radius 1 is 1.04 bits per heavy atom. The van der Waals surface area contributed by atoms with Crippen molar-refractivity contribution in [1.29, 1.82) is 0 Å². The predicted molar refractivity (Wildman–Crippen MR) is 265 cm³/mol. The van der Waals surface area contributed by atoms with Gasteiger partial charge in [-0.2, -0.15) is 0 Å². The molecule has 2 aromatic heterocycles. The summed E-state index contributed by atoms with van der Waals surface area (Å²) in [6, 6.07) is 14.5. The van der Waals surface area contributed by atoms with Gasteiger partial charge in [0.25, 0.3) is 12.4 Å². The third-order valence-corrected chi connectivity index (χ3v) is 15.0. The number of aryl methyl sites for hydroxylation is 1. The Balaban J connectivity index is 1.23. The van der Waals surface area contributed by atoms with Crippen molar-refractivity contribution >= 4 is 35.1 Å². The molecule has 1 saturated carbocycles. The summed E-state index contributed by atoms with van der Waals surface area (Å²) < 4.78 is 13.4. The van der Waals surface area contributed by atoms with Crippen molar-refractivity contribution in [3.63, 3.8) is 0 Å². The minimum absolute atomic E-state index is 0.0275. The third kappa shape index (κ3) is 10.3. The van der Waals surface area contributed by atoms with Gasteiger partial charge in [0.15, 0.2) is 0 Å². The Hall–Kier alpha value is -5.31. The number of methoxy groups -OCH3 is 1. The molecule has 2 aromatic carbocycles. The van der Waals surface area contributed by atoms with Crippen LogP contribution in [0.25, 0.3) is 33.3 Å². The number of ether oxygens (including phenoxy) is 2. The zero-order chi connectivity index (χ0) is 49.2. The molecule has 3 N–H and O–H groups in total. The van der Waals surface area contributed by atoms with Crippen molar-refractivity contribution in [3.05, 3.63) is 71.5 Å². The fourth-order valence-electron chi connectivity index (χ4n) is 11.6. The zero-order valence-corrected chi connectivity index (χ0v) is 42.2. The molecule has 68 heavy (non-hydrogen) atoms. The van der Waals surface area contributed by atoms with Gasteiger partial charge in [-0.25, -0.2) is 5.43 Å². The van der Waals surface area contributed by atoms with Crippen LogP contribution >= 0.6 is 0 Å². The van der Waals surface area contributed by atoms with E-state index < -0.39 is 17.5 Å². The Kier molecular flexibility index (Phi) is 15.7. The van der Waals surface area contributed by atoms with Crippen molar-refractivity contribution < 1.29 is 33.8 Å². The number of nitrogens with zero attached hydrogens (tertiary/aromatic N) is 5. The van der Waals surface area contributed by atoms with Gasteiger partial charge in [-0.05, 0) is 129 Å². The van der Waals surface area contributed by atoms with Gasteiger partial charge >= 0.3 is 0 Å². The molecular weight excluding hydrogens is 859 g/mol. The van der Waals surface area contributed by atoms with Crippen molar-refractivity contribution in [1.82, 2.24) is 35.1 Å². The average Bonchev–Trinajstić information content (AvgIpc) is 3.74. The number of aromatic hydroxyl groups is 1. The SMILES string of the molecule is CCn1c(-c2cccnc2C(C)OC)c(CC(C)(C)COC=O)c2cc(-c3cc(O)cc(CC(NC(=O)C(C(C)C)N(C)C(=O)C4CC5CC(C(C)C)N(C)C54)C(=O)N4CCCCN4)c3)ccc21. The van der Waals surface area contributed by atoms with Crippen molar-refractivity contribution in [2.75, 3.05) is 40.9 Å². The number of carbonyl (C=O) groups excluding carboxylic acids is 4. The molecule has 7 unspecified atom stereocenters. The second-order valence-electron chi connectivity index (χ2n) is 21.1. The molecule has 0 spiro atoms. The number of likely N-dealkylation sites (N-methyl/N-ethyl adjacent to an activating group) is 1. The second kappa shape index (κ2) is 21.1. The lowest BCUT2D eigenvalue weighted by molar-refractivity contribution is -0.150. The first-order valence-electron chi connectivity index (χ1n) is 24.7. The van der Waals surface area contributed by atoms with E-state index in [1.54, 1.807) is 42.4 Å². The molecule has 7 atom stereocenters. The molecule has 368 valence electrons. The Labute approximate surface area is 403 Å². The van der Waals surface area contributed by atoms with Gasteiger partial charge in [-0.3, -0.25) is 34.1 Å². The smallest absolute Gasteiger partial charge is 0.293 e. The normalized spacial score (nSPS) is 21.0. The topological polar surface area (TPSA) is 159 Å². The van der Waals surface area contributed by atoms with E-state index in [1.165, 1.54) is 0 Å². The Morgan fingerprint density at radius 2 is 1.81 bits per heavy atom. The highest BCUT2D eigenvalue weighted by Gasteiger charge is 2.55. The van der Waals surface area contributed by atoms with E-state index in [1.807, 2.05) is 39.0 Å². The van der Waals surface area contributed by atoms with E-state index in [-0.39, 0.29) is 60.5 Å². The lowest BCUT2D eigenvalue weighted by Gasteiger charge is -2.45. The largest absolute Gasteiger partial charge is 0.508 e. The van der Waals surface area contributed by atoms with Crippen LogP contribution in [-0.2, 0) is 48.0 Å². The summed E-state index contributed by atoms with van der Waals surface area (Å²) in [5.41, 5.74) is 9.93. The van der Waals surface area contributed by atoms with Crippen molar-refractivity contribution in [2.24, 2.45) is 29.1 Å². The van der Waals surface area contributed by atoms with E-state index in [2.05, 4.69) is 80.1 Å². The maximum Gasteiger partial charge on any atom is 0.293 e. The number of hydrazine groups is 1. The fraction of sp³-hybridized carbons (Fsp3) is 0.574. The first-order chi connectivity index (χ1) is 32.4. The lowest BCUT2D eigenvalue weighted by Crippen LogP contribution is -2.61. The third-order valence-electron chi connectivity index (χ3n) is 15.0. The van der Waals surface area contributed by atoms with Gasteiger partial charge in [0, 0.05) is 80.4 Å². The molecule has 2 saturated heterocycles.